The van der Waals surface area contributed by atoms with Gasteiger partial charge in [0.15, 0.2) is 17.5 Å². The van der Waals surface area contributed by atoms with E-state index < -0.39 is 0 Å². The van der Waals surface area contributed by atoms with E-state index in [0.29, 0.717) is 93.1 Å². The fraction of sp³-hybridized carbons (Fsp3) is 0.582. The third-order valence-electron chi connectivity index (χ3n) is 22.1. The van der Waals surface area contributed by atoms with Gasteiger partial charge in [-0.05, 0) is 237 Å². The molecule has 6 aliphatic rings. The fourth-order valence-corrected chi connectivity index (χ4v) is 16.2. The van der Waals surface area contributed by atoms with E-state index in [4.69, 9.17) is 49.3 Å². The zero-order valence-corrected chi connectivity index (χ0v) is 63.0. The molecule has 0 bridgehead atoms. The Labute approximate surface area is 608 Å². The summed E-state index contributed by atoms with van der Waals surface area (Å²) in [6.07, 6.45) is 14.0. The molecule has 6 aromatic heterocycles. The van der Waals surface area contributed by atoms with E-state index in [1.165, 1.54) is 44.8 Å². The molecule has 3 aromatic carbocycles. The first-order valence-corrected chi connectivity index (χ1v) is 38.0. The SMILES string of the molecule is CCc1cc(F)c2nc(Cl)c(-c3nc(C)no3)c(C)c2c1.CCc1cc(F)c2nc(N3CC[C@@H](NC4CCOCC4)[C@@H](C)C3)c(-c3nc(C)no3)c(C)c2c1.CCc1cc(F)c2nc(N3CC[C@H](NC4CCOCC4)[C@H](C)C3)c(-c3nc(C)no3)c(C)c2c1.C[C@@H]1CNCC[C@@H]1CC1CCOCC1. The minimum Gasteiger partial charge on any atom is -0.381 e. The Morgan fingerprint density at radius 1 is 0.476 bits per heavy atom. The van der Waals surface area contributed by atoms with Crippen LogP contribution in [-0.4, -0.2) is 148 Å². The molecule has 0 unspecified atom stereocenters. The van der Waals surface area contributed by atoms with Gasteiger partial charge < -0.3 is 53.5 Å². The highest BCUT2D eigenvalue weighted by atomic mass is 35.5. The highest BCUT2D eigenvalue weighted by Crippen LogP contribution is 2.42. The molecule has 0 radical (unpaired) electrons. The zero-order chi connectivity index (χ0) is 72.6. The Hall–Kier alpha value is -7.25. The summed E-state index contributed by atoms with van der Waals surface area (Å²) >= 11 is 6.19. The molecule has 0 amide bonds. The predicted molar refractivity (Wildman–Crippen MR) is 398 cm³/mol. The molecule has 0 aliphatic carbocycles. The van der Waals surface area contributed by atoms with Crippen molar-refractivity contribution in [2.75, 3.05) is 88.7 Å². The van der Waals surface area contributed by atoms with Crippen LogP contribution in [0.4, 0.5) is 24.8 Å². The molecule has 12 heterocycles. The minimum absolute atomic E-state index is 0.159. The second-order valence-corrected chi connectivity index (χ2v) is 29.8. The molecule has 0 spiro atoms. The van der Waals surface area contributed by atoms with Crippen LogP contribution in [0.15, 0.2) is 50.0 Å². The quantitative estimate of drug-likeness (QED) is 0.0860. The summed E-state index contributed by atoms with van der Waals surface area (Å²) in [5, 5.41) is 25.5. The van der Waals surface area contributed by atoms with Crippen LogP contribution < -0.4 is 25.8 Å². The lowest BCUT2D eigenvalue weighted by Crippen LogP contribution is -2.52. The molecule has 20 nitrogen and oxygen atoms in total. The monoisotopic (exact) mass is 1440 g/mol. The Balaban J connectivity index is 0.000000136. The third-order valence-corrected chi connectivity index (χ3v) is 22.4. The number of ether oxygens (including phenoxy) is 3. The van der Waals surface area contributed by atoms with Crippen molar-refractivity contribution in [3.8, 4) is 34.4 Å². The van der Waals surface area contributed by atoms with Crippen LogP contribution in [0.2, 0.25) is 5.15 Å². The first-order chi connectivity index (χ1) is 49.7. The number of hydrogen-bond donors (Lipinski definition) is 3. The van der Waals surface area contributed by atoms with E-state index in [9.17, 15) is 4.39 Å². The van der Waals surface area contributed by atoms with Crippen molar-refractivity contribution in [3.05, 3.63) is 110 Å². The smallest absolute Gasteiger partial charge is 0.261 e. The van der Waals surface area contributed by atoms with Gasteiger partial charge in [0.05, 0.1) is 16.7 Å². The summed E-state index contributed by atoms with van der Waals surface area (Å²) in [6.45, 7) is 35.3. The van der Waals surface area contributed by atoms with Gasteiger partial charge in [0, 0.05) is 106 Å². The van der Waals surface area contributed by atoms with E-state index in [-0.39, 0.29) is 28.1 Å². The molecular formula is C79H104ClF3N14O6. The van der Waals surface area contributed by atoms with E-state index in [1.807, 2.05) is 59.7 Å². The number of hydrogen-bond acceptors (Lipinski definition) is 20. The Bertz CT molecular complexity index is 4180. The van der Waals surface area contributed by atoms with Crippen LogP contribution >= 0.6 is 11.6 Å². The van der Waals surface area contributed by atoms with Crippen LogP contribution in [-0.2, 0) is 33.5 Å². The Morgan fingerprint density at radius 2 is 0.854 bits per heavy atom. The van der Waals surface area contributed by atoms with Gasteiger partial charge in [-0.15, -0.1) is 0 Å². The summed E-state index contributed by atoms with van der Waals surface area (Å²) in [5.41, 5.74) is 8.66. The number of nitrogens with one attached hydrogen (secondary N) is 3. The lowest BCUT2D eigenvalue weighted by molar-refractivity contribution is 0.0527. The number of benzene rings is 3. The number of anilines is 2. The standard InChI is InChI=1S/2C26H34FN5O2.C15H13ClFN3O.C12H23NO/c2*1-5-18-12-20-16(3)23(26-28-17(4)31-34-26)25(30-24(20)21(27)13-18)32-9-6-22(15(2)14-32)29-19-7-10-33-11-8-19;1-4-9-5-10-7(2)12(15-18-8(3)20-21-15)14(16)19-13(10)11(17)6-9;1-10-9-13-5-2-12(10)8-11-3-6-14-7-4-11/h2*12-13,15,19,22,29H,5-11,14H2,1-4H3;5-6H,4H2,1-3H3;10-13H,2-9H2,1H3/t2*15-,22+;;10-,12-/m10.1/s1. The lowest BCUT2D eigenvalue weighted by Gasteiger charge is -2.41. The van der Waals surface area contributed by atoms with Crippen molar-refractivity contribution < 1.29 is 41.0 Å². The van der Waals surface area contributed by atoms with Crippen LogP contribution in [0, 0.1) is 88.6 Å². The van der Waals surface area contributed by atoms with Crippen molar-refractivity contribution in [1.29, 1.82) is 0 Å². The van der Waals surface area contributed by atoms with Crippen molar-refractivity contribution in [2.24, 2.45) is 29.6 Å². The van der Waals surface area contributed by atoms with Crippen LogP contribution in [0.3, 0.4) is 0 Å². The molecule has 9 aromatic rings. The molecule has 6 fully saturated rings. The summed E-state index contributed by atoms with van der Waals surface area (Å²) in [6, 6.07) is 12.6. The topological polar surface area (TPSA) is 226 Å². The maximum Gasteiger partial charge on any atom is 0.261 e. The van der Waals surface area contributed by atoms with Gasteiger partial charge in [0.25, 0.3) is 17.7 Å². The molecule has 103 heavy (non-hydrogen) atoms. The number of piperidine rings is 3. The first-order valence-electron chi connectivity index (χ1n) is 37.7. The number of aromatic nitrogens is 9. The number of nitrogens with zero attached hydrogens (tertiary/aromatic N) is 11. The predicted octanol–water partition coefficient (Wildman–Crippen LogP) is 15.5. The molecule has 554 valence electrons. The van der Waals surface area contributed by atoms with Gasteiger partial charge in [-0.2, -0.15) is 15.0 Å². The van der Waals surface area contributed by atoms with Gasteiger partial charge in [0.1, 0.15) is 50.8 Å². The van der Waals surface area contributed by atoms with Gasteiger partial charge in [0.2, 0.25) is 0 Å². The van der Waals surface area contributed by atoms with Crippen LogP contribution in [0.25, 0.3) is 67.1 Å². The number of fused-ring (bicyclic) bond motifs is 3. The number of aryl methyl sites for hydroxylation is 9. The van der Waals surface area contributed by atoms with Crippen molar-refractivity contribution in [1.82, 2.24) is 61.3 Å². The Kier molecular flexibility index (Phi) is 25.1. The average molecular weight is 1440 g/mol. The van der Waals surface area contributed by atoms with Crippen molar-refractivity contribution in [2.45, 2.75) is 191 Å². The van der Waals surface area contributed by atoms with Crippen LogP contribution in [0.1, 0.15) is 157 Å². The van der Waals surface area contributed by atoms with Crippen LogP contribution in [0.5, 0.6) is 0 Å². The van der Waals surface area contributed by atoms with E-state index in [2.05, 4.69) is 81.9 Å². The average Bonchev–Trinajstić information content (AvgIpc) is 1.59. The largest absolute Gasteiger partial charge is 0.381 e. The zero-order valence-electron chi connectivity index (χ0n) is 62.2. The second kappa shape index (κ2) is 34.3. The fourth-order valence-electron chi connectivity index (χ4n) is 15.9. The first kappa shape index (κ1) is 75.4. The van der Waals surface area contributed by atoms with E-state index in [1.54, 1.807) is 32.9 Å². The molecule has 15 rings (SSSR count). The molecule has 24 heteroatoms. The summed E-state index contributed by atoms with van der Waals surface area (Å²) in [5.74, 6) is 6.99. The Morgan fingerprint density at radius 3 is 1.22 bits per heavy atom. The molecular weight excluding hydrogens is 1330 g/mol. The highest BCUT2D eigenvalue weighted by molar-refractivity contribution is 6.32. The normalized spacial score (nSPS) is 21.7. The molecule has 3 N–H and O–H groups in total. The van der Waals surface area contributed by atoms with E-state index in [0.717, 1.165) is 208 Å². The number of pyridine rings is 3. The summed E-state index contributed by atoms with van der Waals surface area (Å²) < 4.78 is 77.2. The maximum absolute atomic E-state index is 15.1. The minimum atomic E-state index is -0.373. The van der Waals surface area contributed by atoms with Gasteiger partial charge in [-0.3, -0.25) is 0 Å². The van der Waals surface area contributed by atoms with E-state index >= 15 is 8.78 Å². The van der Waals surface area contributed by atoms with Gasteiger partial charge >= 0.3 is 0 Å². The molecule has 6 saturated heterocycles. The maximum atomic E-state index is 15.1. The van der Waals surface area contributed by atoms with Crippen molar-refractivity contribution >= 4 is 55.9 Å². The highest BCUT2D eigenvalue weighted by Gasteiger charge is 2.36. The summed E-state index contributed by atoms with van der Waals surface area (Å²) in [7, 11) is 0. The van der Waals surface area contributed by atoms with Gasteiger partial charge in [-0.25, -0.2) is 28.1 Å². The lowest BCUT2D eigenvalue weighted by atomic mass is 9.79. The van der Waals surface area contributed by atoms with Crippen molar-refractivity contribution in [3.63, 3.8) is 0 Å². The second-order valence-electron chi connectivity index (χ2n) is 29.5. The molecule has 0 saturated carbocycles. The number of halogens is 4. The third kappa shape index (κ3) is 17.7. The van der Waals surface area contributed by atoms with Gasteiger partial charge in [-0.1, -0.05) is 68.6 Å². The number of rotatable bonds is 14. The summed E-state index contributed by atoms with van der Waals surface area (Å²) in [4.78, 5) is 31.7. The molecule has 6 atom stereocenters. The molecule has 6 aliphatic heterocycles.